The van der Waals surface area contributed by atoms with Crippen molar-refractivity contribution in [3.8, 4) is 0 Å². The zero-order chi connectivity index (χ0) is 13.1. The van der Waals surface area contributed by atoms with E-state index in [2.05, 4.69) is 37.0 Å². The van der Waals surface area contributed by atoms with Crippen molar-refractivity contribution in [1.82, 2.24) is 4.98 Å². The van der Waals surface area contributed by atoms with Gasteiger partial charge in [0, 0.05) is 27.7 Å². The first-order valence-corrected chi connectivity index (χ1v) is 6.43. The van der Waals surface area contributed by atoms with Crippen LogP contribution in [0.4, 0.5) is 0 Å². The first-order valence-electron chi connectivity index (χ1n) is 5.61. The van der Waals surface area contributed by atoms with Gasteiger partial charge in [-0.05, 0) is 37.1 Å². The van der Waals surface area contributed by atoms with Crippen LogP contribution in [0.3, 0.4) is 0 Å². The van der Waals surface area contributed by atoms with Crippen molar-refractivity contribution in [2.75, 3.05) is 0 Å². The van der Waals surface area contributed by atoms with Gasteiger partial charge in [-0.2, -0.15) is 0 Å². The minimum atomic E-state index is 0.0743. The topological polar surface area (TPSA) is 62.8 Å². The highest BCUT2D eigenvalue weighted by Gasteiger charge is 2.08. The lowest BCUT2D eigenvalue weighted by Gasteiger charge is -2.09. The van der Waals surface area contributed by atoms with Crippen LogP contribution in [0.1, 0.15) is 16.7 Å². The van der Waals surface area contributed by atoms with Crippen LogP contribution >= 0.6 is 11.8 Å². The van der Waals surface area contributed by atoms with Crippen molar-refractivity contribution in [2.45, 2.75) is 23.6 Å². The highest BCUT2D eigenvalue weighted by Crippen LogP contribution is 2.32. The number of hydrogen-bond donors (Lipinski definition) is 2. The fourth-order valence-electron chi connectivity index (χ4n) is 1.62. The quantitative estimate of drug-likeness (QED) is 0.656. The van der Waals surface area contributed by atoms with E-state index in [4.69, 9.17) is 11.1 Å². The molecular formula is C14H15N3S. The fourth-order valence-corrected chi connectivity index (χ4v) is 2.73. The van der Waals surface area contributed by atoms with Crippen LogP contribution in [0.2, 0.25) is 0 Å². The van der Waals surface area contributed by atoms with Gasteiger partial charge in [0.1, 0.15) is 5.84 Å². The summed E-state index contributed by atoms with van der Waals surface area (Å²) in [5.74, 6) is 0.0743. The average Bonchev–Trinajstić information content (AvgIpc) is 2.34. The third kappa shape index (κ3) is 2.71. The zero-order valence-corrected chi connectivity index (χ0v) is 11.2. The van der Waals surface area contributed by atoms with Crippen LogP contribution in [0, 0.1) is 19.3 Å². The third-order valence-electron chi connectivity index (χ3n) is 2.64. The Morgan fingerprint density at radius 3 is 2.72 bits per heavy atom. The lowest BCUT2D eigenvalue weighted by Crippen LogP contribution is -2.12. The predicted octanol–water partition coefficient (Wildman–Crippen LogP) is 3.13. The molecule has 3 N–H and O–H groups in total. The van der Waals surface area contributed by atoms with Gasteiger partial charge in [0.05, 0.1) is 0 Å². The molecule has 0 aliphatic carbocycles. The Labute approximate surface area is 111 Å². The molecular weight excluding hydrogens is 242 g/mol. The van der Waals surface area contributed by atoms with E-state index in [-0.39, 0.29) is 5.84 Å². The predicted molar refractivity (Wildman–Crippen MR) is 75.3 cm³/mol. The lowest BCUT2D eigenvalue weighted by atomic mass is 10.2. The molecule has 0 saturated carbocycles. The Bertz CT molecular complexity index is 593. The second-order valence-electron chi connectivity index (χ2n) is 4.16. The van der Waals surface area contributed by atoms with Crippen molar-refractivity contribution in [2.24, 2.45) is 5.73 Å². The van der Waals surface area contributed by atoms with Gasteiger partial charge < -0.3 is 5.73 Å². The number of nitrogen functional groups attached to an aromatic ring is 1. The Morgan fingerprint density at radius 2 is 2.00 bits per heavy atom. The summed E-state index contributed by atoms with van der Waals surface area (Å²) >= 11 is 1.60. The van der Waals surface area contributed by atoms with Crippen LogP contribution < -0.4 is 5.73 Å². The van der Waals surface area contributed by atoms with E-state index < -0.39 is 0 Å². The summed E-state index contributed by atoms with van der Waals surface area (Å²) in [6.07, 6.45) is 3.41. The SMILES string of the molecule is Cc1ccc(C)c(Sc2cnccc2C(=N)N)c1. The van der Waals surface area contributed by atoms with Crippen LogP contribution in [0.25, 0.3) is 0 Å². The summed E-state index contributed by atoms with van der Waals surface area (Å²) in [4.78, 5) is 6.19. The Hall–Kier alpha value is -1.81. The van der Waals surface area contributed by atoms with Gasteiger partial charge in [-0.25, -0.2) is 0 Å². The summed E-state index contributed by atoms with van der Waals surface area (Å²) in [6.45, 7) is 4.14. The monoisotopic (exact) mass is 257 g/mol. The Morgan fingerprint density at radius 1 is 1.22 bits per heavy atom. The fraction of sp³-hybridized carbons (Fsp3) is 0.143. The van der Waals surface area contributed by atoms with Gasteiger partial charge in [-0.1, -0.05) is 23.9 Å². The first kappa shape index (κ1) is 12.6. The molecule has 0 spiro atoms. The van der Waals surface area contributed by atoms with Crippen molar-refractivity contribution < 1.29 is 0 Å². The van der Waals surface area contributed by atoms with Gasteiger partial charge in [-0.3, -0.25) is 10.4 Å². The molecule has 0 amide bonds. The maximum absolute atomic E-state index is 7.57. The van der Waals surface area contributed by atoms with E-state index in [0.717, 1.165) is 10.5 Å². The maximum Gasteiger partial charge on any atom is 0.124 e. The summed E-state index contributed by atoms with van der Waals surface area (Å²) in [6, 6.07) is 8.10. The molecule has 2 rings (SSSR count). The summed E-state index contributed by atoms with van der Waals surface area (Å²) in [5, 5.41) is 7.57. The van der Waals surface area contributed by atoms with E-state index >= 15 is 0 Å². The molecule has 0 atom stereocenters. The van der Waals surface area contributed by atoms with E-state index in [9.17, 15) is 0 Å². The second-order valence-corrected chi connectivity index (χ2v) is 5.24. The number of benzene rings is 1. The van der Waals surface area contributed by atoms with Crippen LogP contribution in [-0.4, -0.2) is 10.8 Å². The number of amidine groups is 1. The molecule has 0 unspecified atom stereocenters. The second kappa shape index (κ2) is 5.23. The Balaban J connectivity index is 2.40. The smallest absolute Gasteiger partial charge is 0.124 e. The number of pyridine rings is 1. The largest absolute Gasteiger partial charge is 0.384 e. The van der Waals surface area contributed by atoms with Crippen molar-refractivity contribution >= 4 is 17.6 Å². The highest BCUT2D eigenvalue weighted by molar-refractivity contribution is 7.99. The lowest BCUT2D eigenvalue weighted by molar-refractivity contribution is 1.19. The molecule has 92 valence electrons. The molecule has 0 aliphatic heterocycles. The molecule has 1 aromatic carbocycles. The number of nitrogens with zero attached hydrogens (tertiary/aromatic N) is 1. The van der Waals surface area contributed by atoms with Gasteiger partial charge in [-0.15, -0.1) is 0 Å². The highest BCUT2D eigenvalue weighted by atomic mass is 32.2. The van der Waals surface area contributed by atoms with Crippen molar-refractivity contribution in [1.29, 1.82) is 5.41 Å². The number of rotatable bonds is 3. The van der Waals surface area contributed by atoms with Gasteiger partial charge in [0.25, 0.3) is 0 Å². The van der Waals surface area contributed by atoms with Crippen LogP contribution in [0.5, 0.6) is 0 Å². The molecule has 0 fully saturated rings. The van der Waals surface area contributed by atoms with E-state index in [1.807, 2.05) is 0 Å². The van der Waals surface area contributed by atoms with Gasteiger partial charge >= 0.3 is 0 Å². The molecule has 2 aromatic rings. The van der Waals surface area contributed by atoms with Gasteiger partial charge in [0.15, 0.2) is 0 Å². The summed E-state index contributed by atoms with van der Waals surface area (Å²) in [7, 11) is 0. The molecule has 1 heterocycles. The van der Waals surface area contributed by atoms with Crippen LogP contribution in [-0.2, 0) is 0 Å². The maximum atomic E-state index is 7.57. The van der Waals surface area contributed by atoms with E-state index in [1.165, 1.54) is 16.0 Å². The third-order valence-corrected chi connectivity index (χ3v) is 3.84. The van der Waals surface area contributed by atoms with Crippen LogP contribution in [0.15, 0.2) is 46.5 Å². The minimum Gasteiger partial charge on any atom is -0.384 e. The number of nitrogens with two attached hydrogens (primary N) is 1. The molecule has 4 heteroatoms. The van der Waals surface area contributed by atoms with E-state index in [0.29, 0.717) is 0 Å². The molecule has 0 saturated heterocycles. The number of nitrogens with one attached hydrogen (secondary N) is 1. The molecule has 0 aliphatic rings. The van der Waals surface area contributed by atoms with E-state index in [1.54, 1.807) is 30.2 Å². The van der Waals surface area contributed by atoms with Crippen molar-refractivity contribution in [3.05, 3.63) is 53.3 Å². The molecule has 0 bridgehead atoms. The minimum absolute atomic E-state index is 0.0743. The average molecular weight is 257 g/mol. The first-order chi connectivity index (χ1) is 8.58. The number of aryl methyl sites for hydroxylation is 2. The molecule has 1 aromatic heterocycles. The number of aromatic nitrogens is 1. The van der Waals surface area contributed by atoms with Gasteiger partial charge in [0.2, 0.25) is 0 Å². The molecule has 0 radical (unpaired) electrons. The summed E-state index contributed by atoms with van der Waals surface area (Å²) in [5.41, 5.74) is 8.74. The normalized spacial score (nSPS) is 10.3. The zero-order valence-electron chi connectivity index (χ0n) is 10.4. The molecule has 18 heavy (non-hydrogen) atoms. The van der Waals surface area contributed by atoms with Crippen molar-refractivity contribution in [3.63, 3.8) is 0 Å². The molecule has 3 nitrogen and oxygen atoms in total. The Kier molecular flexibility index (Phi) is 3.67. The standard InChI is InChI=1S/C14H15N3S/c1-9-3-4-10(2)12(7-9)18-13-8-17-6-5-11(13)14(15)16/h3-8H,1-2H3,(H3,15,16). The summed E-state index contributed by atoms with van der Waals surface area (Å²) < 4.78 is 0. The number of hydrogen-bond acceptors (Lipinski definition) is 3.